The number of aromatic amines is 1. The number of hydrogen-bond donors (Lipinski definition) is 1. The van der Waals surface area contributed by atoms with Gasteiger partial charge in [0.15, 0.2) is 0 Å². The summed E-state index contributed by atoms with van der Waals surface area (Å²) in [6.45, 7) is 1.53. The van der Waals surface area contributed by atoms with Crippen molar-refractivity contribution in [1.82, 2.24) is 4.98 Å². The number of H-pyrrole nitrogens is 1. The first-order valence-electron chi connectivity index (χ1n) is 4.35. The van der Waals surface area contributed by atoms with Gasteiger partial charge >= 0.3 is 5.97 Å². The lowest BCUT2D eigenvalue weighted by Crippen LogP contribution is -2.22. The Kier molecular flexibility index (Phi) is 4.17. The van der Waals surface area contributed by atoms with Crippen molar-refractivity contribution < 1.29 is 18.3 Å². The van der Waals surface area contributed by atoms with Crippen LogP contribution in [0.25, 0.3) is 0 Å². The van der Waals surface area contributed by atoms with Gasteiger partial charge in [0, 0.05) is 5.56 Å². The molecule has 0 amide bonds. The number of carbonyl (C=O) groups excluding carboxylic acids is 1. The Labute approximate surface area is 97.7 Å². The van der Waals surface area contributed by atoms with Gasteiger partial charge in [-0.05, 0) is 28.9 Å². The normalized spacial score (nSPS) is 10.6. The van der Waals surface area contributed by atoms with E-state index in [0.29, 0.717) is 0 Å². The van der Waals surface area contributed by atoms with E-state index in [1.54, 1.807) is 0 Å². The third-order valence-electron chi connectivity index (χ3n) is 1.75. The molecule has 0 aliphatic rings. The average molecular weight is 296 g/mol. The van der Waals surface area contributed by atoms with Crippen molar-refractivity contribution in [2.45, 2.75) is 13.3 Å². The first-order chi connectivity index (χ1) is 7.47. The second-order valence-corrected chi connectivity index (χ2v) is 3.65. The van der Waals surface area contributed by atoms with Crippen LogP contribution in [0.4, 0.5) is 8.78 Å². The fourth-order valence-electron chi connectivity index (χ4n) is 1.13. The first kappa shape index (κ1) is 12.8. The minimum absolute atomic E-state index is 0.0109. The summed E-state index contributed by atoms with van der Waals surface area (Å²) in [4.78, 5) is 24.9. The molecule has 0 saturated heterocycles. The van der Waals surface area contributed by atoms with E-state index in [1.807, 2.05) is 0 Å². The van der Waals surface area contributed by atoms with E-state index in [4.69, 9.17) is 0 Å². The second kappa shape index (κ2) is 5.20. The molecular weight excluding hydrogens is 288 g/mol. The molecule has 7 heteroatoms. The quantitative estimate of drug-likeness (QED) is 0.687. The summed E-state index contributed by atoms with van der Waals surface area (Å²) in [6, 6.07) is 0.984. The number of pyridine rings is 1. The number of rotatable bonds is 3. The molecule has 0 atom stereocenters. The fraction of sp³-hybridized carbons (Fsp3) is 0.333. The maximum absolute atomic E-state index is 12.6. The summed E-state index contributed by atoms with van der Waals surface area (Å²) in [6.07, 6.45) is -2.92. The summed E-state index contributed by atoms with van der Waals surface area (Å²) >= 11 is 2.86. The average Bonchev–Trinajstić information content (AvgIpc) is 2.16. The van der Waals surface area contributed by atoms with E-state index < -0.39 is 29.1 Å². The Balaban J connectivity index is 3.35. The van der Waals surface area contributed by atoms with Gasteiger partial charge in [0.25, 0.3) is 12.0 Å². The Morgan fingerprint density at radius 3 is 2.75 bits per heavy atom. The van der Waals surface area contributed by atoms with Gasteiger partial charge in [0.1, 0.15) is 5.56 Å². The van der Waals surface area contributed by atoms with Gasteiger partial charge in [0.05, 0.1) is 11.2 Å². The molecule has 1 aromatic heterocycles. The third-order valence-corrected chi connectivity index (χ3v) is 2.17. The molecule has 1 N–H and O–H groups in total. The number of ether oxygens (including phenoxy) is 1. The largest absolute Gasteiger partial charge is 0.462 e. The second-order valence-electron chi connectivity index (χ2n) is 2.80. The van der Waals surface area contributed by atoms with Gasteiger partial charge < -0.3 is 9.72 Å². The molecule has 0 aromatic carbocycles. The van der Waals surface area contributed by atoms with Crippen LogP contribution in [-0.2, 0) is 4.74 Å². The summed E-state index contributed by atoms with van der Waals surface area (Å²) in [5, 5.41) is 0. The highest BCUT2D eigenvalue weighted by Crippen LogP contribution is 2.23. The smallest absolute Gasteiger partial charge is 0.344 e. The Morgan fingerprint density at radius 1 is 1.62 bits per heavy atom. The van der Waals surface area contributed by atoms with Crippen LogP contribution in [0.15, 0.2) is 15.5 Å². The van der Waals surface area contributed by atoms with Crippen LogP contribution in [0.3, 0.4) is 0 Å². The molecule has 4 nitrogen and oxygen atoms in total. The molecule has 0 aliphatic heterocycles. The molecule has 0 saturated carbocycles. The van der Waals surface area contributed by atoms with Gasteiger partial charge in [-0.2, -0.15) is 0 Å². The van der Waals surface area contributed by atoms with E-state index in [0.717, 1.165) is 6.07 Å². The highest BCUT2D eigenvalue weighted by atomic mass is 79.9. The minimum atomic E-state index is -2.92. The molecule has 0 radical (unpaired) electrons. The van der Waals surface area contributed by atoms with Gasteiger partial charge in [-0.3, -0.25) is 4.79 Å². The van der Waals surface area contributed by atoms with E-state index in [1.165, 1.54) is 6.92 Å². The van der Waals surface area contributed by atoms with E-state index in [9.17, 15) is 18.4 Å². The van der Waals surface area contributed by atoms with Gasteiger partial charge in [-0.25, -0.2) is 13.6 Å². The molecule has 0 bridgehead atoms. The first-order valence-corrected chi connectivity index (χ1v) is 5.14. The number of aromatic nitrogens is 1. The number of nitrogens with one attached hydrogen (secondary N) is 1. The van der Waals surface area contributed by atoms with Gasteiger partial charge in [-0.15, -0.1) is 0 Å². The highest BCUT2D eigenvalue weighted by molar-refractivity contribution is 9.10. The third kappa shape index (κ3) is 2.66. The zero-order valence-corrected chi connectivity index (χ0v) is 9.81. The number of halogens is 3. The van der Waals surface area contributed by atoms with Crippen molar-refractivity contribution in [2.24, 2.45) is 0 Å². The van der Waals surface area contributed by atoms with Crippen LogP contribution in [0.2, 0.25) is 0 Å². The van der Waals surface area contributed by atoms with Crippen molar-refractivity contribution in [3.05, 3.63) is 32.2 Å². The van der Waals surface area contributed by atoms with Crippen LogP contribution in [0.5, 0.6) is 0 Å². The van der Waals surface area contributed by atoms with Crippen LogP contribution in [0.1, 0.15) is 29.3 Å². The monoisotopic (exact) mass is 295 g/mol. The summed E-state index contributed by atoms with van der Waals surface area (Å²) in [5.74, 6) is -1.05. The van der Waals surface area contributed by atoms with Crippen LogP contribution < -0.4 is 5.56 Å². The lowest BCUT2D eigenvalue weighted by atomic mass is 10.1. The van der Waals surface area contributed by atoms with Crippen molar-refractivity contribution in [1.29, 1.82) is 0 Å². The number of alkyl halides is 2. The predicted octanol–water partition coefficient (Wildman–Crippen LogP) is 2.25. The van der Waals surface area contributed by atoms with Crippen molar-refractivity contribution >= 4 is 21.9 Å². The SMILES string of the molecule is CCOC(=O)c1c(C(F)F)cc(Br)[nH]c1=O. The molecular formula is C9H8BrF2NO3. The van der Waals surface area contributed by atoms with Crippen LogP contribution >= 0.6 is 15.9 Å². The molecule has 0 spiro atoms. The molecule has 0 unspecified atom stereocenters. The molecule has 1 rings (SSSR count). The van der Waals surface area contributed by atoms with Crippen LogP contribution in [-0.4, -0.2) is 17.6 Å². The van der Waals surface area contributed by atoms with E-state index in [-0.39, 0.29) is 11.2 Å². The Morgan fingerprint density at radius 2 is 2.25 bits per heavy atom. The van der Waals surface area contributed by atoms with Gasteiger partial charge in [0.2, 0.25) is 0 Å². The number of esters is 1. The molecule has 0 fully saturated rings. The molecule has 0 aliphatic carbocycles. The zero-order valence-electron chi connectivity index (χ0n) is 8.22. The molecule has 16 heavy (non-hydrogen) atoms. The maximum Gasteiger partial charge on any atom is 0.344 e. The molecule has 1 heterocycles. The van der Waals surface area contributed by atoms with Crippen molar-refractivity contribution in [3.8, 4) is 0 Å². The minimum Gasteiger partial charge on any atom is -0.462 e. The van der Waals surface area contributed by atoms with E-state index >= 15 is 0 Å². The maximum atomic E-state index is 12.6. The molecule has 88 valence electrons. The lowest BCUT2D eigenvalue weighted by Gasteiger charge is -2.07. The fourth-order valence-corrected chi connectivity index (χ4v) is 1.56. The lowest BCUT2D eigenvalue weighted by molar-refractivity contribution is 0.0513. The zero-order chi connectivity index (χ0) is 12.3. The highest BCUT2D eigenvalue weighted by Gasteiger charge is 2.23. The van der Waals surface area contributed by atoms with Crippen LogP contribution in [0, 0.1) is 0 Å². The van der Waals surface area contributed by atoms with Gasteiger partial charge in [-0.1, -0.05) is 0 Å². The standard InChI is InChI=1S/C9H8BrF2NO3/c1-2-16-9(15)6-4(7(11)12)3-5(10)13-8(6)14/h3,7H,2H2,1H3,(H,13,14). The Bertz CT molecular complexity index is 459. The summed E-state index contributed by atoms with van der Waals surface area (Å²) in [5.41, 5.74) is -2.20. The topological polar surface area (TPSA) is 59.2 Å². The Hall–Kier alpha value is -1.24. The van der Waals surface area contributed by atoms with Crippen molar-refractivity contribution in [3.63, 3.8) is 0 Å². The number of hydrogen-bond acceptors (Lipinski definition) is 3. The summed E-state index contributed by atoms with van der Waals surface area (Å²) < 4.78 is 29.8. The van der Waals surface area contributed by atoms with Crippen molar-refractivity contribution in [2.75, 3.05) is 6.61 Å². The van der Waals surface area contributed by atoms with E-state index in [2.05, 4.69) is 25.7 Å². The predicted molar refractivity (Wildman–Crippen MR) is 55.7 cm³/mol. The molecule has 1 aromatic rings. The number of carbonyl (C=O) groups is 1. The summed E-state index contributed by atoms with van der Waals surface area (Å²) in [7, 11) is 0.